The van der Waals surface area contributed by atoms with Gasteiger partial charge in [-0.25, -0.2) is 0 Å². The minimum absolute atomic E-state index is 0.162. The fourth-order valence-corrected chi connectivity index (χ4v) is 1.64. The van der Waals surface area contributed by atoms with Crippen LogP contribution in [0.15, 0.2) is 36.5 Å². The van der Waals surface area contributed by atoms with Crippen molar-refractivity contribution in [3.05, 3.63) is 36.5 Å². The molecule has 0 radical (unpaired) electrons. The van der Waals surface area contributed by atoms with Gasteiger partial charge in [0.2, 0.25) is 0 Å². The molecule has 0 N–H and O–H groups in total. The highest BCUT2D eigenvalue weighted by atomic mass is 14.2. The van der Waals surface area contributed by atoms with Gasteiger partial charge >= 0.3 is 0 Å². The van der Waals surface area contributed by atoms with E-state index >= 15 is 0 Å². The highest BCUT2D eigenvalue weighted by Crippen LogP contribution is 2.33. The van der Waals surface area contributed by atoms with Crippen molar-refractivity contribution in [2.24, 2.45) is 10.8 Å². The summed E-state index contributed by atoms with van der Waals surface area (Å²) in [5.74, 6) is 0. The van der Waals surface area contributed by atoms with Gasteiger partial charge in [-0.05, 0) is 37.0 Å². The van der Waals surface area contributed by atoms with Crippen LogP contribution in [0, 0.1) is 10.8 Å². The monoisotopic (exact) mass is 234 g/mol. The lowest BCUT2D eigenvalue weighted by molar-refractivity contribution is 0.409. The van der Waals surface area contributed by atoms with Crippen LogP contribution in [-0.4, -0.2) is 0 Å². The largest absolute Gasteiger partial charge is 0.0988 e. The van der Waals surface area contributed by atoms with Gasteiger partial charge in [0.25, 0.3) is 0 Å². The van der Waals surface area contributed by atoms with Crippen LogP contribution in [-0.2, 0) is 0 Å². The lowest BCUT2D eigenvalue weighted by Gasteiger charge is -2.27. The topological polar surface area (TPSA) is 0 Å². The van der Waals surface area contributed by atoms with Crippen LogP contribution >= 0.6 is 0 Å². The first kappa shape index (κ1) is 16.2. The van der Waals surface area contributed by atoms with E-state index in [0.29, 0.717) is 5.41 Å². The summed E-state index contributed by atoms with van der Waals surface area (Å²) < 4.78 is 0. The van der Waals surface area contributed by atoms with E-state index in [9.17, 15) is 0 Å². The summed E-state index contributed by atoms with van der Waals surface area (Å²) in [6.45, 7) is 21.5. The SMILES string of the molecule is C=CC(=C)C(C)(C)CCC=C(C)C(C)(C)CC. The molecule has 0 fully saturated rings. The number of rotatable bonds is 7. The number of hydrogen-bond donors (Lipinski definition) is 0. The summed E-state index contributed by atoms with van der Waals surface area (Å²) in [6, 6.07) is 0. The van der Waals surface area contributed by atoms with Gasteiger partial charge in [-0.15, -0.1) is 0 Å². The van der Waals surface area contributed by atoms with Crippen LogP contribution in [0.3, 0.4) is 0 Å². The number of allylic oxidation sites excluding steroid dienone is 4. The second kappa shape index (κ2) is 6.23. The lowest BCUT2D eigenvalue weighted by Crippen LogP contribution is -2.13. The molecule has 0 nitrogen and oxygen atoms in total. The summed E-state index contributed by atoms with van der Waals surface area (Å²) in [6.07, 6.45) is 7.72. The predicted octanol–water partition coefficient (Wildman–Crippen LogP) is 5.92. The molecule has 0 aromatic carbocycles. The van der Waals surface area contributed by atoms with Gasteiger partial charge in [-0.2, -0.15) is 0 Å². The summed E-state index contributed by atoms with van der Waals surface area (Å²) in [5, 5.41) is 0. The zero-order valence-electron chi connectivity index (χ0n) is 12.7. The molecule has 0 saturated carbocycles. The molecule has 0 aliphatic rings. The minimum Gasteiger partial charge on any atom is -0.0988 e. The first-order valence-electron chi connectivity index (χ1n) is 6.66. The molecule has 98 valence electrons. The Morgan fingerprint density at radius 2 is 1.65 bits per heavy atom. The average molecular weight is 234 g/mol. The van der Waals surface area contributed by atoms with E-state index < -0.39 is 0 Å². The highest BCUT2D eigenvalue weighted by Gasteiger charge is 2.20. The van der Waals surface area contributed by atoms with Gasteiger partial charge in [0.15, 0.2) is 0 Å². The van der Waals surface area contributed by atoms with Gasteiger partial charge in [-0.1, -0.05) is 71.1 Å². The Balaban J connectivity index is 4.46. The predicted molar refractivity (Wildman–Crippen MR) is 80.2 cm³/mol. The first-order valence-corrected chi connectivity index (χ1v) is 6.66. The van der Waals surface area contributed by atoms with Gasteiger partial charge in [0, 0.05) is 0 Å². The first-order chi connectivity index (χ1) is 7.67. The zero-order chi connectivity index (χ0) is 13.7. The maximum Gasteiger partial charge on any atom is -0.0107 e. The Hall–Kier alpha value is -0.780. The van der Waals surface area contributed by atoms with Crippen molar-refractivity contribution in [2.45, 2.75) is 60.8 Å². The van der Waals surface area contributed by atoms with Crippen molar-refractivity contribution in [3.63, 3.8) is 0 Å². The molecule has 0 aromatic rings. The van der Waals surface area contributed by atoms with E-state index in [0.717, 1.165) is 18.4 Å². The van der Waals surface area contributed by atoms with E-state index in [1.165, 1.54) is 12.0 Å². The smallest absolute Gasteiger partial charge is 0.0107 e. The van der Waals surface area contributed by atoms with Crippen molar-refractivity contribution < 1.29 is 0 Å². The molecule has 0 spiro atoms. The van der Waals surface area contributed by atoms with E-state index in [-0.39, 0.29) is 5.41 Å². The lowest BCUT2D eigenvalue weighted by atomic mass is 9.78. The van der Waals surface area contributed by atoms with E-state index in [1.807, 2.05) is 6.08 Å². The van der Waals surface area contributed by atoms with Crippen LogP contribution in [0.25, 0.3) is 0 Å². The summed E-state index contributed by atoms with van der Waals surface area (Å²) in [7, 11) is 0. The van der Waals surface area contributed by atoms with Crippen molar-refractivity contribution in [3.8, 4) is 0 Å². The molecule has 0 heterocycles. The van der Waals surface area contributed by atoms with Crippen molar-refractivity contribution in [1.29, 1.82) is 0 Å². The van der Waals surface area contributed by atoms with Crippen molar-refractivity contribution in [2.75, 3.05) is 0 Å². The third-order valence-electron chi connectivity index (χ3n) is 4.29. The zero-order valence-corrected chi connectivity index (χ0v) is 12.7. The maximum absolute atomic E-state index is 4.07. The van der Waals surface area contributed by atoms with Gasteiger partial charge in [0.1, 0.15) is 0 Å². The maximum atomic E-state index is 4.07. The molecule has 0 rings (SSSR count). The molecule has 0 unspecified atom stereocenters. The van der Waals surface area contributed by atoms with Crippen LogP contribution in [0.1, 0.15) is 60.8 Å². The molecular weight excluding hydrogens is 204 g/mol. The Kier molecular flexibility index (Phi) is 5.95. The standard InChI is InChI=1S/C17H30/c1-9-14(3)17(7,8)13-11-12-15(4)16(5,6)10-2/h9,12H,1,3,10-11,13H2,2,4-8H3. The molecule has 0 atom stereocenters. The Labute approximate surface area is 109 Å². The molecule has 0 bridgehead atoms. The van der Waals surface area contributed by atoms with Gasteiger partial charge < -0.3 is 0 Å². The van der Waals surface area contributed by atoms with Gasteiger partial charge in [0.05, 0.1) is 0 Å². The number of hydrogen-bond acceptors (Lipinski definition) is 0. The third-order valence-corrected chi connectivity index (χ3v) is 4.29. The quantitative estimate of drug-likeness (QED) is 0.379. The Bertz CT molecular complexity index is 300. The second-order valence-electron chi connectivity index (χ2n) is 6.28. The van der Waals surface area contributed by atoms with Crippen LogP contribution in [0.5, 0.6) is 0 Å². The van der Waals surface area contributed by atoms with Crippen LogP contribution < -0.4 is 0 Å². The summed E-state index contributed by atoms with van der Waals surface area (Å²) in [5.41, 5.74) is 3.13. The van der Waals surface area contributed by atoms with E-state index in [1.54, 1.807) is 0 Å². The molecule has 0 heteroatoms. The van der Waals surface area contributed by atoms with Crippen molar-refractivity contribution in [1.82, 2.24) is 0 Å². The van der Waals surface area contributed by atoms with Crippen LogP contribution in [0.2, 0.25) is 0 Å². The summed E-state index contributed by atoms with van der Waals surface area (Å²) in [4.78, 5) is 0. The molecule has 0 amide bonds. The average Bonchev–Trinajstić information content (AvgIpc) is 2.27. The minimum atomic E-state index is 0.162. The molecule has 0 saturated heterocycles. The highest BCUT2D eigenvalue weighted by molar-refractivity contribution is 5.20. The fraction of sp³-hybridized carbons (Fsp3) is 0.647. The van der Waals surface area contributed by atoms with Gasteiger partial charge in [-0.3, -0.25) is 0 Å². The van der Waals surface area contributed by atoms with Crippen molar-refractivity contribution >= 4 is 0 Å². The molecular formula is C17H30. The third kappa shape index (κ3) is 4.93. The molecule has 0 aromatic heterocycles. The Morgan fingerprint density at radius 1 is 1.12 bits per heavy atom. The van der Waals surface area contributed by atoms with Crippen LogP contribution in [0.4, 0.5) is 0 Å². The molecule has 0 aliphatic carbocycles. The molecule has 0 aliphatic heterocycles. The van der Waals surface area contributed by atoms with E-state index in [2.05, 4.69) is 60.8 Å². The van der Waals surface area contributed by atoms with E-state index in [4.69, 9.17) is 0 Å². The molecule has 17 heavy (non-hydrogen) atoms. The normalized spacial score (nSPS) is 13.6. The Morgan fingerprint density at radius 3 is 2.06 bits per heavy atom. The summed E-state index contributed by atoms with van der Waals surface area (Å²) >= 11 is 0. The second-order valence-corrected chi connectivity index (χ2v) is 6.28. The fourth-order valence-electron chi connectivity index (χ4n) is 1.64.